The monoisotopic (exact) mass is 298 g/mol. The van der Waals surface area contributed by atoms with Crippen LogP contribution in [0.3, 0.4) is 0 Å². The van der Waals surface area contributed by atoms with Gasteiger partial charge >= 0.3 is 0 Å². The lowest BCUT2D eigenvalue weighted by atomic mass is 10.3. The van der Waals surface area contributed by atoms with Crippen molar-refractivity contribution in [2.45, 2.75) is 38.3 Å². The molecule has 0 atom stereocenters. The average molecular weight is 298 g/mol. The Morgan fingerprint density at radius 1 is 1.45 bits per heavy atom. The summed E-state index contributed by atoms with van der Waals surface area (Å²) in [6.45, 7) is 5.72. The summed E-state index contributed by atoms with van der Waals surface area (Å²) in [6, 6.07) is 0. The lowest BCUT2D eigenvalue weighted by Gasteiger charge is -2.18. The molecule has 20 heavy (non-hydrogen) atoms. The Morgan fingerprint density at radius 3 is 2.80 bits per heavy atom. The van der Waals surface area contributed by atoms with Gasteiger partial charge in [0.25, 0.3) is 10.0 Å². The molecule has 7 heteroatoms. The fourth-order valence-electron chi connectivity index (χ4n) is 1.81. The molecular weight excluding hydrogens is 276 g/mol. The molecule has 0 aliphatic carbocycles. The summed E-state index contributed by atoms with van der Waals surface area (Å²) in [5.74, 6) is 2.39. The van der Waals surface area contributed by atoms with Crippen molar-refractivity contribution in [3.63, 3.8) is 0 Å². The number of aromatic nitrogens is 2. The van der Waals surface area contributed by atoms with Gasteiger partial charge < -0.3 is 5.32 Å². The maximum atomic E-state index is 12.6. The SMILES string of the molecule is C#CCN(CCC)S(=O)(=O)c1[nH]ncc1CNCCC. The van der Waals surface area contributed by atoms with Gasteiger partial charge in [-0.15, -0.1) is 6.42 Å². The number of hydrogen-bond donors (Lipinski definition) is 2. The lowest BCUT2D eigenvalue weighted by molar-refractivity contribution is 0.442. The number of hydrogen-bond acceptors (Lipinski definition) is 4. The molecule has 0 unspecified atom stereocenters. The van der Waals surface area contributed by atoms with E-state index in [0.29, 0.717) is 25.1 Å². The van der Waals surface area contributed by atoms with Crippen molar-refractivity contribution < 1.29 is 8.42 Å². The highest BCUT2D eigenvalue weighted by atomic mass is 32.2. The highest BCUT2D eigenvalue weighted by Crippen LogP contribution is 2.17. The number of sulfonamides is 1. The number of H-pyrrole nitrogens is 1. The van der Waals surface area contributed by atoms with Gasteiger partial charge in [-0.05, 0) is 19.4 Å². The molecular formula is C13H22N4O2S. The van der Waals surface area contributed by atoms with Crippen LogP contribution in [0.4, 0.5) is 0 Å². The smallest absolute Gasteiger partial charge is 0.261 e. The van der Waals surface area contributed by atoms with Crippen LogP contribution in [-0.4, -0.2) is 42.6 Å². The lowest BCUT2D eigenvalue weighted by Crippen LogP contribution is -2.33. The van der Waals surface area contributed by atoms with Crippen LogP contribution >= 0.6 is 0 Å². The molecule has 1 rings (SSSR count). The third-order valence-electron chi connectivity index (χ3n) is 2.76. The van der Waals surface area contributed by atoms with Crippen LogP contribution in [0.25, 0.3) is 0 Å². The standard InChI is InChI=1S/C13H22N4O2S/c1-4-7-14-10-12-11-15-16-13(12)20(18,19)17(8-5-2)9-6-3/h2,11,14H,4,6-10H2,1,3H3,(H,15,16). The first-order valence-electron chi connectivity index (χ1n) is 6.74. The second kappa shape index (κ2) is 8.04. The van der Waals surface area contributed by atoms with E-state index in [9.17, 15) is 8.42 Å². The van der Waals surface area contributed by atoms with E-state index in [1.807, 2.05) is 6.92 Å². The van der Waals surface area contributed by atoms with Crippen molar-refractivity contribution in [1.82, 2.24) is 19.8 Å². The van der Waals surface area contributed by atoms with Crippen LogP contribution in [-0.2, 0) is 16.6 Å². The number of rotatable bonds is 9. The number of nitrogens with one attached hydrogen (secondary N) is 2. The molecule has 0 radical (unpaired) electrons. The quantitative estimate of drug-likeness (QED) is 0.525. The highest BCUT2D eigenvalue weighted by molar-refractivity contribution is 7.89. The van der Waals surface area contributed by atoms with Crippen LogP contribution in [0, 0.1) is 12.3 Å². The van der Waals surface area contributed by atoms with Gasteiger partial charge in [-0.1, -0.05) is 19.8 Å². The van der Waals surface area contributed by atoms with Crippen molar-refractivity contribution in [2.75, 3.05) is 19.6 Å². The Labute approximate surface area is 121 Å². The molecule has 0 amide bonds. The third kappa shape index (κ3) is 4.07. The van der Waals surface area contributed by atoms with Crippen molar-refractivity contribution in [1.29, 1.82) is 0 Å². The molecule has 0 aromatic carbocycles. The Hall–Kier alpha value is -1.36. The van der Waals surface area contributed by atoms with Crippen LogP contribution in [0.1, 0.15) is 32.3 Å². The molecule has 1 aromatic rings. The van der Waals surface area contributed by atoms with E-state index in [0.717, 1.165) is 13.0 Å². The molecule has 6 nitrogen and oxygen atoms in total. The number of terminal acetylenes is 1. The summed E-state index contributed by atoms with van der Waals surface area (Å²) in [4.78, 5) is 0. The van der Waals surface area contributed by atoms with E-state index >= 15 is 0 Å². The van der Waals surface area contributed by atoms with Crippen LogP contribution in [0.15, 0.2) is 11.2 Å². The molecule has 0 spiro atoms. The van der Waals surface area contributed by atoms with E-state index in [4.69, 9.17) is 6.42 Å². The van der Waals surface area contributed by atoms with E-state index in [2.05, 4.69) is 28.4 Å². The zero-order valence-corrected chi connectivity index (χ0v) is 12.8. The van der Waals surface area contributed by atoms with Crippen molar-refractivity contribution in [2.24, 2.45) is 0 Å². The fourth-order valence-corrected chi connectivity index (χ4v) is 3.36. The Bertz CT molecular complexity index is 545. The largest absolute Gasteiger partial charge is 0.313 e. The summed E-state index contributed by atoms with van der Waals surface area (Å²) >= 11 is 0. The van der Waals surface area contributed by atoms with E-state index < -0.39 is 10.0 Å². The minimum absolute atomic E-state index is 0.0665. The number of aromatic amines is 1. The second-order valence-electron chi connectivity index (χ2n) is 4.44. The topological polar surface area (TPSA) is 78.1 Å². The molecule has 1 heterocycles. The van der Waals surface area contributed by atoms with Crippen molar-refractivity contribution in [3.05, 3.63) is 11.8 Å². The summed E-state index contributed by atoms with van der Waals surface area (Å²) in [6.07, 6.45) is 8.48. The minimum Gasteiger partial charge on any atom is -0.313 e. The van der Waals surface area contributed by atoms with Crippen LogP contribution in [0.5, 0.6) is 0 Å². The summed E-state index contributed by atoms with van der Waals surface area (Å²) < 4.78 is 26.4. The molecule has 0 saturated carbocycles. The Kier molecular flexibility index (Phi) is 6.71. The minimum atomic E-state index is -3.62. The maximum Gasteiger partial charge on any atom is 0.261 e. The van der Waals surface area contributed by atoms with Gasteiger partial charge in [-0.2, -0.15) is 9.40 Å². The van der Waals surface area contributed by atoms with Crippen molar-refractivity contribution >= 4 is 10.0 Å². The van der Waals surface area contributed by atoms with Gasteiger partial charge in [0.05, 0.1) is 12.7 Å². The van der Waals surface area contributed by atoms with Crippen LogP contribution in [0.2, 0.25) is 0 Å². The predicted molar refractivity (Wildman–Crippen MR) is 78.5 cm³/mol. The van der Waals surface area contributed by atoms with Gasteiger partial charge in [-0.3, -0.25) is 5.10 Å². The number of nitrogens with zero attached hydrogens (tertiary/aromatic N) is 2. The van der Waals surface area contributed by atoms with Gasteiger partial charge in [0.2, 0.25) is 0 Å². The first kappa shape index (κ1) is 16.7. The van der Waals surface area contributed by atoms with E-state index in [1.54, 1.807) is 0 Å². The van der Waals surface area contributed by atoms with Gasteiger partial charge in [-0.25, -0.2) is 8.42 Å². The molecule has 112 valence electrons. The molecule has 0 bridgehead atoms. The summed E-state index contributed by atoms with van der Waals surface area (Å²) in [5, 5.41) is 9.73. The second-order valence-corrected chi connectivity index (χ2v) is 6.32. The summed E-state index contributed by atoms with van der Waals surface area (Å²) in [5.41, 5.74) is 0.636. The van der Waals surface area contributed by atoms with Gasteiger partial charge in [0, 0.05) is 18.7 Å². The first-order valence-corrected chi connectivity index (χ1v) is 8.18. The average Bonchev–Trinajstić information content (AvgIpc) is 2.88. The normalized spacial score (nSPS) is 11.7. The van der Waals surface area contributed by atoms with Gasteiger partial charge in [0.1, 0.15) is 0 Å². The third-order valence-corrected chi connectivity index (χ3v) is 4.62. The Morgan fingerprint density at radius 2 is 2.20 bits per heavy atom. The van der Waals surface area contributed by atoms with E-state index in [1.165, 1.54) is 10.5 Å². The van der Waals surface area contributed by atoms with Crippen LogP contribution < -0.4 is 5.32 Å². The molecule has 1 aromatic heterocycles. The highest BCUT2D eigenvalue weighted by Gasteiger charge is 2.27. The van der Waals surface area contributed by atoms with Gasteiger partial charge in [0.15, 0.2) is 5.03 Å². The zero-order valence-electron chi connectivity index (χ0n) is 12.0. The first-order chi connectivity index (χ1) is 9.57. The van der Waals surface area contributed by atoms with Crippen molar-refractivity contribution in [3.8, 4) is 12.3 Å². The molecule has 2 N–H and O–H groups in total. The Balaban J connectivity index is 2.96. The maximum absolute atomic E-state index is 12.6. The summed E-state index contributed by atoms with van der Waals surface area (Å²) in [7, 11) is -3.62. The zero-order chi connectivity index (χ0) is 15.0. The van der Waals surface area contributed by atoms with E-state index in [-0.39, 0.29) is 11.6 Å². The molecule has 0 saturated heterocycles. The fraction of sp³-hybridized carbons (Fsp3) is 0.615. The predicted octanol–water partition coefficient (Wildman–Crippen LogP) is 0.943. The molecule has 0 aliphatic heterocycles. The molecule has 0 aliphatic rings. The molecule has 0 fully saturated rings.